The van der Waals surface area contributed by atoms with Gasteiger partial charge in [-0.15, -0.1) is 0 Å². The molecule has 0 aliphatic heterocycles. The SMILES string of the molecule is CC.CCC.CCC(COCCCCCCCCCCCCCCCCCF)OCc1ccccc1. The molecule has 0 aliphatic carbocycles. The monoisotopic (exact) mass is 510 g/mol. The Morgan fingerprint density at radius 2 is 1.06 bits per heavy atom. The zero-order chi connectivity index (χ0) is 27.0. The molecular weight excluding hydrogens is 447 g/mol. The average molecular weight is 511 g/mol. The first-order valence-electron chi connectivity index (χ1n) is 15.6. The summed E-state index contributed by atoms with van der Waals surface area (Å²) >= 11 is 0. The van der Waals surface area contributed by atoms with Gasteiger partial charge in [0.05, 0.1) is 26.0 Å². The molecule has 0 heterocycles. The van der Waals surface area contributed by atoms with E-state index in [9.17, 15) is 4.39 Å². The highest BCUT2D eigenvalue weighted by molar-refractivity contribution is 5.13. The molecule has 36 heavy (non-hydrogen) atoms. The van der Waals surface area contributed by atoms with E-state index in [1.54, 1.807) is 0 Å². The number of alkyl halides is 1. The molecule has 0 saturated carbocycles. The van der Waals surface area contributed by atoms with Crippen molar-refractivity contribution in [3.05, 3.63) is 35.9 Å². The lowest BCUT2D eigenvalue weighted by Gasteiger charge is -2.16. The lowest BCUT2D eigenvalue weighted by molar-refractivity contribution is -0.0269. The van der Waals surface area contributed by atoms with E-state index in [2.05, 4.69) is 45.0 Å². The van der Waals surface area contributed by atoms with Crippen LogP contribution in [0.3, 0.4) is 0 Å². The van der Waals surface area contributed by atoms with Gasteiger partial charge in [-0.1, -0.05) is 155 Å². The minimum absolute atomic E-state index is 0.141. The van der Waals surface area contributed by atoms with Crippen molar-refractivity contribution < 1.29 is 13.9 Å². The van der Waals surface area contributed by atoms with Crippen LogP contribution in [0.15, 0.2) is 30.3 Å². The molecule has 0 bridgehead atoms. The van der Waals surface area contributed by atoms with Crippen LogP contribution in [0, 0.1) is 0 Å². The fourth-order valence-corrected chi connectivity index (χ4v) is 3.88. The predicted octanol–water partition coefficient (Wildman–Crippen LogP) is 11.3. The standard InChI is InChI=1S/C28H49FO2.C3H8.C2H6/c1-2-28(31-25-27-21-17-16-18-22-27)26-30-24-20-15-13-11-9-7-5-3-4-6-8-10-12-14-19-23-29;1-3-2;1-2/h16-18,21-22,28H,2-15,19-20,23-26H2,1H3;3H2,1-2H3;1-2H3. The topological polar surface area (TPSA) is 18.5 Å². The molecule has 1 aromatic rings. The molecule has 214 valence electrons. The van der Waals surface area contributed by atoms with Crippen molar-refractivity contribution in [3.8, 4) is 0 Å². The molecular formula is C33H63FO2. The summed E-state index contributed by atoms with van der Waals surface area (Å²) in [6.07, 6.45) is 21.6. The third kappa shape index (κ3) is 29.3. The minimum atomic E-state index is -0.141. The van der Waals surface area contributed by atoms with Crippen molar-refractivity contribution >= 4 is 0 Å². The Morgan fingerprint density at radius 3 is 1.47 bits per heavy atom. The van der Waals surface area contributed by atoms with Gasteiger partial charge in [-0.3, -0.25) is 4.39 Å². The first-order chi connectivity index (χ1) is 17.8. The molecule has 3 heteroatoms. The molecule has 0 amide bonds. The molecule has 1 atom stereocenters. The highest BCUT2D eigenvalue weighted by Gasteiger charge is 2.07. The van der Waals surface area contributed by atoms with Gasteiger partial charge in [0, 0.05) is 6.61 Å². The second-order valence-corrected chi connectivity index (χ2v) is 9.60. The summed E-state index contributed by atoms with van der Waals surface area (Å²) in [4.78, 5) is 0. The highest BCUT2D eigenvalue weighted by atomic mass is 19.1. The predicted molar refractivity (Wildman–Crippen MR) is 159 cm³/mol. The number of ether oxygens (including phenoxy) is 2. The quantitative estimate of drug-likeness (QED) is 0.136. The molecule has 0 aliphatic rings. The van der Waals surface area contributed by atoms with E-state index >= 15 is 0 Å². The molecule has 2 nitrogen and oxygen atoms in total. The molecule has 0 spiro atoms. The molecule has 1 rings (SSSR count). The normalized spacial score (nSPS) is 11.3. The summed E-state index contributed by atoms with van der Waals surface area (Å²) in [5.41, 5.74) is 1.22. The second kappa shape index (κ2) is 34.1. The third-order valence-corrected chi connectivity index (χ3v) is 6.01. The van der Waals surface area contributed by atoms with Crippen LogP contribution in [-0.4, -0.2) is 26.0 Å². The van der Waals surface area contributed by atoms with Gasteiger partial charge >= 0.3 is 0 Å². The van der Waals surface area contributed by atoms with E-state index < -0.39 is 0 Å². The second-order valence-electron chi connectivity index (χ2n) is 9.60. The van der Waals surface area contributed by atoms with E-state index in [0.29, 0.717) is 13.2 Å². The van der Waals surface area contributed by atoms with Crippen molar-refractivity contribution in [2.24, 2.45) is 0 Å². The van der Waals surface area contributed by atoms with Crippen LogP contribution in [0.5, 0.6) is 0 Å². The van der Waals surface area contributed by atoms with E-state index in [-0.39, 0.29) is 12.8 Å². The van der Waals surface area contributed by atoms with Gasteiger partial charge < -0.3 is 9.47 Å². The molecule has 0 N–H and O–H groups in total. The maximum absolute atomic E-state index is 12.0. The lowest BCUT2D eigenvalue weighted by atomic mass is 10.0. The summed E-state index contributed by atoms with van der Waals surface area (Å²) in [5, 5.41) is 0. The number of hydrogen-bond acceptors (Lipinski definition) is 2. The zero-order valence-electron chi connectivity index (χ0n) is 25.0. The smallest absolute Gasteiger partial charge is 0.0894 e. The summed E-state index contributed by atoms with van der Waals surface area (Å²) < 4.78 is 23.8. The van der Waals surface area contributed by atoms with Crippen molar-refractivity contribution in [3.63, 3.8) is 0 Å². The Hall–Kier alpha value is -0.930. The van der Waals surface area contributed by atoms with Gasteiger partial charge in [-0.25, -0.2) is 0 Å². The van der Waals surface area contributed by atoms with Gasteiger partial charge in [0.2, 0.25) is 0 Å². The zero-order valence-corrected chi connectivity index (χ0v) is 25.0. The molecule has 0 aromatic heterocycles. The summed E-state index contributed by atoms with van der Waals surface area (Å²) in [6.45, 7) is 12.5. The van der Waals surface area contributed by atoms with Crippen LogP contribution in [0.1, 0.15) is 149 Å². The largest absolute Gasteiger partial charge is 0.379 e. The molecule has 0 saturated heterocycles. The summed E-state index contributed by atoms with van der Waals surface area (Å²) in [6, 6.07) is 10.4. The van der Waals surface area contributed by atoms with Gasteiger partial charge in [-0.05, 0) is 24.8 Å². The lowest BCUT2D eigenvalue weighted by Crippen LogP contribution is -2.19. The van der Waals surface area contributed by atoms with Gasteiger partial charge in [0.15, 0.2) is 0 Å². The van der Waals surface area contributed by atoms with E-state index in [1.165, 1.54) is 95.5 Å². The first-order valence-corrected chi connectivity index (χ1v) is 15.6. The van der Waals surface area contributed by atoms with E-state index in [0.717, 1.165) is 25.9 Å². The van der Waals surface area contributed by atoms with E-state index in [1.807, 2.05) is 19.9 Å². The summed E-state index contributed by atoms with van der Waals surface area (Å²) in [5.74, 6) is 0. The van der Waals surface area contributed by atoms with Crippen LogP contribution in [-0.2, 0) is 16.1 Å². The number of unbranched alkanes of at least 4 members (excludes halogenated alkanes) is 14. The first kappa shape index (κ1) is 37.2. The van der Waals surface area contributed by atoms with Gasteiger partial charge in [-0.2, -0.15) is 0 Å². The Kier molecular flexibility index (Phi) is 35.2. The third-order valence-electron chi connectivity index (χ3n) is 6.01. The summed E-state index contributed by atoms with van der Waals surface area (Å²) in [7, 11) is 0. The van der Waals surface area contributed by atoms with Crippen molar-refractivity contribution in [2.45, 2.75) is 156 Å². The molecule has 0 radical (unpaired) electrons. The Labute approximate surface area is 226 Å². The van der Waals surface area contributed by atoms with Crippen LogP contribution >= 0.6 is 0 Å². The number of rotatable bonds is 23. The Morgan fingerprint density at radius 1 is 0.639 bits per heavy atom. The maximum Gasteiger partial charge on any atom is 0.0894 e. The number of benzene rings is 1. The van der Waals surface area contributed by atoms with Crippen LogP contribution in [0.25, 0.3) is 0 Å². The van der Waals surface area contributed by atoms with Crippen molar-refractivity contribution in [1.82, 2.24) is 0 Å². The minimum Gasteiger partial charge on any atom is -0.379 e. The number of halogens is 1. The molecule has 1 aromatic carbocycles. The van der Waals surface area contributed by atoms with Gasteiger partial charge in [0.25, 0.3) is 0 Å². The molecule has 0 fully saturated rings. The Balaban J connectivity index is 0. The van der Waals surface area contributed by atoms with Crippen molar-refractivity contribution in [1.29, 1.82) is 0 Å². The maximum atomic E-state index is 12.0. The fourth-order valence-electron chi connectivity index (χ4n) is 3.88. The van der Waals surface area contributed by atoms with E-state index in [4.69, 9.17) is 9.47 Å². The Bertz CT molecular complexity index is 480. The van der Waals surface area contributed by atoms with Crippen LogP contribution in [0.2, 0.25) is 0 Å². The fraction of sp³-hybridized carbons (Fsp3) is 0.818. The van der Waals surface area contributed by atoms with Crippen LogP contribution in [0.4, 0.5) is 4.39 Å². The van der Waals surface area contributed by atoms with Crippen LogP contribution < -0.4 is 0 Å². The highest BCUT2D eigenvalue weighted by Crippen LogP contribution is 2.13. The number of hydrogen-bond donors (Lipinski definition) is 0. The van der Waals surface area contributed by atoms with Crippen molar-refractivity contribution in [2.75, 3.05) is 19.9 Å². The average Bonchev–Trinajstić information content (AvgIpc) is 2.92. The van der Waals surface area contributed by atoms with Gasteiger partial charge in [0.1, 0.15) is 0 Å². The molecule has 1 unspecified atom stereocenters.